The van der Waals surface area contributed by atoms with Crippen LogP contribution in [-0.4, -0.2) is 52.2 Å². The number of nitrogens with one attached hydrogen (secondary N) is 1. The second kappa shape index (κ2) is 8.28. The van der Waals surface area contributed by atoms with E-state index in [0.29, 0.717) is 19.3 Å². The standard InChI is InChI=1S/C22H25N5O2S/c1-15(20(28)23-18-7-6-16-4-2-3-5-17(16)14-18)30-22-25-24-21(27(22)19-8-9-19)26-10-12-29-13-11-26/h2-7,14-15,19H,8-13H2,1H3,(H,23,28). The number of hydrogen-bond acceptors (Lipinski definition) is 6. The third-order valence-corrected chi connectivity index (χ3v) is 6.58. The Hall–Kier alpha value is -2.58. The van der Waals surface area contributed by atoms with Crippen molar-refractivity contribution in [2.75, 3.05) is 36.5 Å². The first kappa shape index (κ1) is 19.4. The number of amides is 1. The maximum atomic E-state index is 12.8. The summed E-state index contributed by atoms with van der Waals surface area (Å²) in [7, 11) is 0. The highest BCUT2D eigenvalue weighted by atomic mass is 32.2. The average Bonchev–Trinajstić information content (AvgIpc) is 3.54. The zero-order valence-corrected chi connectivity index (χ0v) is 17.8. The van der Waals surface area contributed by atoms with Crippen LogP contribution in [0.5, 0.6) is 0 Å². The van der Waals surface area contributed by atoms with Gasteiger partial charge in [0.1, 0.15) is 0 Å². The Labute approximate surface area is 179 Å². The Morgan fingerprint density at radius 1 is 1.13 bits per heavy atom. The Bertz CT molecular complexity index is 1060. The van der Waals surface area contributed by atoms with Gasteiger partial charge < -0.3 is 15.0 Å². The van der Waals surface area contributed by atoms with Gasteiger partial charge in [0.15, 0.2) is 5.16 Å². The monoisotopic (exact) mass is 423 g/mol. The van der Waals surface area contributed by atoms with E-state index < -0.39 is 0 Å². The molecule has 0 bridgehead atoms. The molecule has 1 N–H and O–H groups in total. The van der Waals surface area contributed by atoms with E-state index in [2.05, 4.69) is 37.1 Å². The molecule has 0 radical (unpaired) electrons. The van der Waals surface area contributed by atoms with Crippen LogP contribution in [-0.2, 0) is 9.53 Å². The zero-order chi connectivity index (χ0) is 20.5. The molecule has 156 valence electrons. The minimum atomic E-state index is -0.282. The number of aromatic nitrogens is 3. The van der Waals surface area contributed by atoms with Gasteiger partial charge in [-0.25, -0.2) is 0 Å². The average molecular weight is 424 g/mol. The Morgan fingerprint density at radius 3 is 2.67 bits per heavy atom. The highest BCUT2D eigenvalue weighted by Gasteiger charge is 2.33. The molecule has 1 saturated carbocycles. The van der Waals surface area contributed by atoms with Crippen LogP contribution in [0.2, 0.25) is 0 Å². The molecule has 8 heteroatoms. The summed E-state index contributed by atoms with van der Waals surface area (Å²) in [4.78, 5) is 15.1. The predicted octanol–water partition coefficient (Wildman–Crippen LogP) is 3.72. The summed E-state index contributed by atoms with van der Waals surface area (Å²) in [6, 6.07) is 14.6. The van der Waals surface area contributed by atoms with E-state index >= 15 is 0 Å². The first-order chi connectivity index (χ1) is 14.7. The fourth-order valence-corrected chi connectivity index (χ4v) is 4.62. The van der Waals surface area contributed by atoms with Gasteiger partial charge in [0.05, 0.1) is 18.5 Å². The minimum absolute atomic E-state index is 0.0337. The van der Waals surface area contributed by atoms with E-state index in [1.165, 1.54) is 11.8 Å². The van der Waals surface area contributed by atoms with Gasteiger partial charge in [0.2, 0.25) is 11.9 Å². The SMILES string of the molecule is CC(Sc1nnc(N2CCOCC2)n1C1CC1)C(=O)Nc1ccc2ccccc2c1. The summed E-state index contributed by atoms with van der Waals surface area (Å²) in [5, 5.41) is 14.7. The smallest absolute Gasteiger partial charge is 0.237 e. The molecule has 1 aliphatic carbocycles. The molecule has 2 aromatic carbocycles. The van der Waals surface area contributed by atoms with Gasteiger partial charge in [-0.2, -0.15) is 0 Å². The van der Waals surface area contributed by atoms with Crippen LogP contribution in [0.3, 0.4) is 0 Å². The van der Waals surface area contributed by atoms with Gasteiger partial charge in [-0.3, -0.25) is 9.36 Å². The van der Waals surface area contributed by atoms with E-state index in [0.717, 1.165) is 53.5 Å². The summed E-state index contributed by atoms with van der Waals surface area (Å²) >= 11 is 1.47. The zero-order valence-electron chi connectivity index (χ0n) is 17.0. The molecule has 1 aromatic heterocycles. The lowest BCUT2D eigenvalue weighted by molar-refractivity contribution is -0.115. The second-order valence-corrected chi connectivity index (χ2v) is 9.10. The Morgan fingerprint density at radius 2 is 1.90 bits per heavy atom. The van der Waals surface area contributed by atoms with Crippen LogP contribution in [0.4, 0.5) is 11.6 Å². The first-order valence-electron chi connectivity index (χ1n) is 10.4. The van der Waals surface area contributed by atoms with Crippen LogP contribution in [0, 0.1) is 0 Å². The summed E-state index contributed by atoms with van der Waals surface area (Å²) in [6.07, 6.45) is 2.28. The molecule has 1 unspecified atom stereocenters. The summed E-state index contributed by atoms with van der Waals surface area (Å²) < 4.78 is 7.68. The third kappa shape index (κ3) is 4.02. The fraction of sp³-hybridized carbons (Fsp3) is 0.409. The number of fused-ring (bicyclic) bond motifs is 1. The molecule has 7 nitrogen and oxygen atoms in total. The summed E-state index contributed by atoms with van der Waals surface area (Å²) in [5.41, 5.74) is 0.809. The van der Waals surface area contributed by atoms with E-state index in [-0.39, 0.29) is 11.2 Å². The molecule has 30 heavy (non-hydrogen) atoms. The van der Waals surface area contributed by atoms with Crippen molar-refractivity contribution in [3.05, 3.63) is 42.5 Å². The van der Waals surface area contributed by atoms with Crippen molar-refractivity contribution in [1.82, 2.24) is 14.8 Å². The van der Waals surface area contributed by atoms with Crippen molar-refractivity contribution in [1.29, 1.82) is 0 Å². The van der Waals surface area contributed by atoms with Crippen molar-refractivity contribution in [2.24, 2.45) is 0 Å². The first-order valence-corrected chi connectivity index (χ1v) is 11.3. The van der Waals surface area contributed by atoms with Crippen LogP contribution in [0.1, 0.15) is 25.8 Å². The summed E-state index contributed by atoms with van der Waals surface area (Å²) in [5.74, 6) is 0.874. The predicted molar refractivity (Wildman–Crippen MR) is 119 cm³/mol. The molecule has 2 heterocycles. The molecule has 0 spiro atoms. The van der Waals surface area contributed by atoms with Crippen molar-refractivity contribution in [2.45, 2.75) is 36.2 Å². The highest BCUT2D eigenvalue weighted by molar-refractivity contribution is 8.00. The molecule has 3 aromatic rings. The molecule has 1 saturated heterocycles. The Kier molecular flexibility index (Phi) is 5.35. The number of nitrogens with zero attached hydrogens (tertiary/aromatic N) is 4. The van der Waals surface area contributed by atoms with Gasteiger partial charge in [0, 0.05) is 24.8 Å². The molecular weight excluding hydrogens is 398 g/mol. The molecule has 2 aliphatic rings. The molecule has 1 amide bonds. The number of hydrogen-bond donors (Lipinski definition) is 1. The van der Waals surface area contributed by atoms with Crippen molar-refractivity contribution < 1.29 is 9.53 Å². The van der Waals surface area contributed by atoms with Crippen LogP contribution < -0.4 is 10.2 Å². The van der Waals surface area contributed by atoms with E-state index in [1.807, 2.05) is 37.3 Å². The van der Waals surface area contributed by atoms with Gasteiger partial charge in [-0.05, 0) is 42.7 Å². The number of carbonyl (C=O) groups is 1. The van der Waals surface area contributed by atoms with Gasteiger partial charge in [0.25, 0.3) is 0 Å². The quantitative estimate of drug-likeness (QED) is 0.609. The normalized spacial score (nSPS) is 17.8. The third-order valence-electron chi connectivity index (χ3n) is 5.52. The van der Waals surface area contributed by atoms with Gasteiger partial charge in [-0.15, -0.1) is 10.2 Å². The maximum Gasteiger partial charge on any atom is 0.237 e. The van der Waals surface area contributed by atoms with E-state index in [9.17, 15) is 4.79 Å². The number of rotatable bonds is 6. The number of carbonyl (C=O) groups excluding carboxylic acids is 1. The summed E-state index contributed by atoms with van der Waals surface area (Å²) in [6.45, 7) is 5.00. The van der Waals surface area contributed by atoms with Crippen molar-refractivity contribution in [3.63, 3.8) is 0 Å². The molecule has 1 atom stereocenters. The highest BCUT2D eigenvalue weighted by Crippen LogP contribution is 2.41. The molecule has 5 rings (SSSR count). The Balaban J connectivity index is 1.30. The number of morpholine rings is 1. The van der Waals surface area contributed by atoms with Crippen LogP contribution in [0.25, 0.3) is 10.8 Å². The lowest BCUT2D eigenvalue weighted by Gasteiger charge is -2.28. The van der Waals surface area contributed by atoms with E-state index in [4.69, 9.17) is 4.74 Å². The minimum Gasteiger partial charge on any atom is -0.378 e. The second-order valence-electron chi connectivity index (χ2n) is 7.79. The number of ether oxygens (including phenoxy) is 1. The van der Waals surface area contributed by atoms with Crippen molar-refractivity contribution in [3.8, 4) is 0 Å². The topological polar surface area (TPSA) is 72.3 Å². The number of thioether (sulfide) groups is 1. The molecule has 2 fully saturated rings. The van der Waals surface area contributed by atoms with E-state index in [1.54, 1.807) is 0 Å². The van der Waals surface area contributed by atoms with Gasteiger partial charge in [-0.1, -0.05) is 42.1 Å². The number of anilines is 2. The molecular formula is C22H25N5O2S. The van der Waals surface area contributed by atoms with Crippen LogP contribution >= 0.6 is 11.8 Å². The fourth-order valence-electron chi connectivity index (χ4n) is 3.70. The lowest BCUT2D eigenvalue weighted by atomic mass is 10.1. The maximum absolute atomic E-state index is 12.8. The lowest BCUT2D eigenvalue weighted by Crippen LogP contribution is -2.38. The number of benzene rings is 2. The van der Waals surface area contributed by atoms with Crippen molar-refractivity contribution >= 4 is 40.1 Å². The van der Waals surface area contributed by atoms with Crippen LogP contribution in [0.15, 0.2) is 47.6 Å². The van der Waals surface area contributed by atoms with Gasteiger partial charge >= 0.3 is 0 Å². The largest absolute Gasteiger partial charge is 0.378 e. The molecule has 1 aliphatic heterocycles.